The van der Waals surface area contributed by atoms with Gasteiger partial charge in [-0.15, -0.1) is 0 Å². The van der Waals surface area contributed by atoms with Gasteiger partial charge in [0.05, 0.1) is 0 Å². The van der Waals surface area contributed by atoms with Crippen molar-refractivity contribution in [2.75, 3.05) is 0 Å². The van der Waals surface area contributed by atoms with Gasteiger partial charge in [0.15, 0.2) is 5.01 Å². The molecular weight excluding hydrogens is 174 g/mol. The zero-order valence-corrected chi connectivity index (χ0v) is 6.14. The lowest BCUT2D eigenvalue weighted by Crippen LogP contribution is -2.17. The minimum atomic E-state index is -0.742. The van der Waals surface area contributed by atoms with Crippen molar-refractivity contribution in [3.63, 3.8) is 0 Å². The second-order valence-electron chi connectivity index (χ2n) is 1.26. The molecule has 48 valence electrons. The molecule has 0 aliphatic carbocycles. The highest BCUT2D eigenvalue weighted by atomic mass is 79.9. The van der Waals surface area contributed by atoms with E-state index in [0.717, 1.165) is 6.42 Å². The molecule has 0 spiro atoms. The van der Waals surface area contributed by atoms with Crippen LogP contribution in [-0.4, -0.2) is 11.1 Å². The van der Waals surface area contributed by atoms with Crippen LogP contribution in [0.25, 0.3) is 0 Å². The zero-order chi connectivity index (χ0) is 6.57. The molecule has 4 heteroatoms. The lowest BCUT2D eigenvalue weighted by Gasteiger charge is -2.03. The predicted molar refractivity (Wildman–Crippen MR) is 33.7 cm³/mol. The van der Waals surface area contributed by atoms with Gasteiger partial charge in [0.25, 0.3) is 0 Å². The van der Waals surface area contributed by atoms with Crippen LogP contribution in [0.2, 0.25) is 0 Å². The Morgan fingerprint density at radius 1 is 2.00 bits per heavy atom. The quantitative estimate of drug-likeness (QED) is 0.652. The Labute approximate surface area is 56.3 Å². The summed E-state index contributed by atoms with van der Waals surface area (Å²) in [6, 6.07) is 0. The minimum Gasteiger partial charge on any atom is -0.435 e. The Bertz CT molecular complexity index is 86.1. The average Bonchev–Trinajstić information content (AvgIpc) is 1.65. The van der Waals surface area contributed by atoms with E-state index in [4.69, 9.17) is 0 Å². The SMILES string of the molecule is CCC(Br)OC(N)=O. The van der Waals surface area contributed by atoms with Crippen LogP contribution in [0, 0.1) is 0 Å². The highest BCUT2D eigenvalue weighted by Gasteiger charge is 2.01. The predicted octanol–water partition coefficient (Wildman–Crippen LogP) is 1.21. The summed E-state index contributed by atoms with van der Waals surface area (Å²) in [7, 11) is 0. The molecule has 0 rings (SSSR count). The van der Waals surface area contributed by atoms with Crippen LogP contribution in [0.5, 0.6) is 0 Å². The molecule has 8 heavy (non-hydrogen) atoms. The van der Waals surface area contributed by atoms with Crippen molar-refractivity contribution in [1.82, 2.24) is 0 Å². The fraction of sp³-hybridized carbons (Fsp3) is 0.750. The first kappa shape index (κ1) is 7.75. The third-order valence-corrected chi connectivity index (χ3v) is 1.40. The molecule has 1 amide bonds. The molecule has 0 saturated heterocycles. The molecule has 0 aliphatic heterocycles. The molecule has 1 atom stereocenters. The summed E-state index contributed by atoms with van der Waals surface area (Å²) in [4.78, 5) is 9.94. The van der Waals surface area contributed by atoms with Crippen molar-refractivity contribution < 1.29 is 9.53 Å². The van der Waals surface area contributed by atoms with Crippen molar-refractivity contribution >= 4 is 22.0 Å². The zero-order valence-electron chi connectivity index (χ0n) is 4.56. The number of hydrogen-bond acceptors (Lipinski definition) is 2. The van der Waals surface area contributed by atoms with Crippen molar-refractivity contribution in [3.8, 4) is 0 Å². The first-order valence-electron chi connectivity index (χ1n) is 2.27. The summed E-state index contributed by atoms with van der Waals surface area (Å²) in [5.74, 6) is 0. The van der Waals surface area contributed by atoms with Crippen LogP contribution in [0.4, 0.5) is 4.79 Å². The van der Waals surface area contributed by atoms with E-state index < -0.39 is 6.09 Å². The molecule has 0 fully saturated rings. The number of rotatable bonds is 2. The van der Waals surface area contributed by atoms with E-state index in [1.807, 2.05) is 6.92 Å². The molecule has 0 heterocycles. The summed E-state index contributed by atoms with van der Waals surface area (Å²) < 4.78 is 4.45. The lowest BCUT2D eigenvalue weighted by atomic mass is 10.5. The first-order valence-corrected chi connectivity index (χ1v) is 3.18. The number of carbonyl (C=O) groups excluding carboxylic acids is 1. The molecule has 0 aromatic rings. The number of ether oxygens (including phenoxy) is 1. The van der Waals surface area contributed by atoms with Crippen LogP contribution < -0.4 is 5.73 Å². The summed E-state index contributed by atoms with van der Waals surface area (Å²) >= 11 is 3.05. The number of carbonyl (C=O) groups is 1. The van der Waals surface area contributed by atoms with E-state index in [1.54, 1.807) is 0 Å². The maximum Gasteiger partial charge on any atom is 0.405 e. The van der Waals surface area contributed by atoms with E-state index in [1.165, 1.54) is 0 Å². The molecule has 0 aromatic carbocycles. The Kier molecular flexibility index (Phi) is 3.60. The third-order valence-electron chi connectivity index (χ3n) is 0.565. The van der Waals surface area contributed by atoms with Crippen LogP contribution >= 0.6 is 15.9 Å². The molecular formula is C4H8BrNO2. The van der Waals surface area contributed by atoms with Gasteiger partial charge in [-0.1, -0.05) is 6.92 Å². The second-order valence-corrected chi connectivity index (χ2v) is 2.28. The van der Waals surface area contributed by atoms with Gasteiger partial charge in [-0.25, -0.2) is 4.79 Å². The number of alkyl halides is 1. The van der Waals surface area contributed by atoms with Gasteiger partial charge in [0.2, 0.25) is 0 Å². The lowest BCUT2D eigenvalue weighted by molar-refractivity contribution is 0.146. The molecule has 2 N–H and O–H groups in total. The number of halogens is 1. The Morgan fingerprint density at radius 3 is 2.62 bits per heavy atom. The maximum absolute atomic E-state index is 9.94. The summed E-state index contributed by atoms with van der Waals surface area (Å²) in [5.41, 5.74) is 4.68. The smallest absolute Gasteiger partial charge is 0.405 e. The first-order chi connectivity index (χ1) is 3.66. The van der Waals surface area contributed by atoms with Crippen LogP contribution in [-0.2, 0) is 4.74 Å². The van der Waals surface area contributed by atoms with Gasteiger partial charge >= 0.3 is 6.09 Å². The van der Waals surface area contributed by atoms with Gasteiger partial charge in [0.1, 0.15) is 0 Å². The van der Waals surface area contributed by atoms with Gasteiger partial charge in [-0.05, 0) is 22.4 Å². The Morgan fingerprint density at radius 2 is 2.50 bits per heavy atom. The maximum atomic E-state index is 9.94. The highest BCUT2D eigenvalue weighted by molar-refractivity contribution is 9.09. The minimum absolute atomic E-state index is 0.236. The summed E-state index contributed by atoms with van der Waals surface area (Å²) in [6.45, 7) is 1.88. The molecule has 0 saturated carbocycles. The molecule has 0 radical (unpaired) electrons. The molecule has 1 unspecified atom stereocenters. The topological polar surface area (TPSA) is 52.3 Å². The number of hydrogen-bond donors (Lipinski definition) is 1. The molecule has 0 aromatic heterocycles. The monoisotopic (exact) mass is 181 g/mol. The highest BCUT2D eigenvalue weighted by Crippen LogP contribution is 2.04. The fourth-order valence-electron chi connectivity index (χ4n) is 0.209. The van der Waals surface area contributed by atoms with E-state index in [-0.39, 0.29) is 5.01 Å². The number of amides is 1. The third kappa shape index (κ3) is 3.92. The standard InChI is InChI=1S/C4H8BrNO2/c1-2-3(5)8-4(6)7/h3H,2H2,1H3,(H2,6,7). The van der Waals surface area contributed by atoms with E-state index in [2.05, 4.69) is 26.4 Å². The van der Waals surface area contributed by atoms with Crippen LogP contribution in [0.1, 0.15) is 13.3 Å². The van der Waals surface area contributed by atoms with Crippen molar-refractivity contribution in [3.05, 3.63) is 0 Å². The van der Waals surface area contributed by atoms with Crippen molar-refractivity contribution in [2.24, 2.45) is 5.73 Å². The van der Waals surface area contributed by atoms with E-state index in [9.17, 15) is 4.79 Å². The van der Waals surface area contributed by atoms with Gasteiger partial charge in [-0.2, -0.15) is 0 Å². The largest absolute Gasteiger partial charge is 0.435 e. The molecule has 3 nitrogen and oxygen atoms in total. The van der Waals surface area contributed by atoms with E-state index >= 15 is 0 Å². The van der Waals surface area contributed by atoms with Gasteiger partial charge in [0, 0.05) is 0 Å². The Hall–Kier alpha value is -0.250. The number of primary amides is 1. The van der Waals surface area contributed by atoms with Crippen LogP contribution in [0.15, 0.2) is 0 Å². The van der Waals surface area contributed by atoms with E-state index in [0.29, 0.717) is 0 Å². The molecule has 0 bridgehead atoms. The van der Waals surface area contributed by atoms with Gasteiger partial charge < -0.3 is 10.5 Å². The van der Waals surface area contributed by atoms with Crippen LogP contribution in [0.3, 0.4) is 0 Å². The average molecular weight is 182 g/mol. The van der Waals surface area contributed by atoms with Gasteiger partial charge in [-0.3, -0.25) is 0 Å². The second kappa shape index (κ2) is 3.72. The summed E-state index contributed by atoms with van der Waals surface area (Å²) in [6.07, 6.45) is -0.0168. The number of nitrogens with two attached hydrogens (primary N) is 1. The summed E-state index contributed by atoms with van der Waals surface area (Å²) in [5, 5.41) is -0.236. The normalized spacial score (nSPS) is 12.8. The van der Waals surface area contributed by atoms with Crippen molar-refractivity contribution in [2.45, 2.75) is 18.4 Å². The molecule has 0 aliphatic rings. The van der Waals surface area contributed by atoms with Crippen molar-refractivity contribution in [1.29, 1.82) is 0 Å². The fourth-order valence-corrected chi connectivity index (χ4v) is 0.394. The Balaban J connectivity index is 3.24.